The van der Waals surface area contributed by atoms with Gasteiger partial charge in [0.25, 0.3) is 0 Å². The molecule has 1 aliphatic rings. The molecule has 4 nitrogen and oxygen atoms in total. The van der Waals surface area contributed by atoms with Crippen molar-refractivity contribution in [3.8, 4) is 11.3 Å². The van der Waals surface area contributed by atoms with Crippen LogP contribution in [-0.4, -0.2) is 21.1 Å². The summed E-state index contributed by atoms with van der Waals surface area (Å²) in [6.45, 7) is 1.83. The summed E-state index contributed by atoms with van der Waals surface area (Å²) in [6, 6.07) is 12.3. The van der Waals surface area contributed by atoms with Crippen LogP contribution in [0.5, 0.6) is 0 Å². The summed E-state index contributed by atoms with van der Waals surface area (Å²) in [6.07, 6.45) is 0.977. The standard InChI is InChI=1S/C15H13BrN4/c16-11-3-1-2-10(8-11)12-4-5-15-18-13-6-7-17-9-14(13)20(15)19-12/h1-5,8,17H,6-7,9H2. The molecule has 2 aromatic heterocycles. The van der Waals surface area contributed by atoms with Gasteiger partial charge in [-0.2, -0.15) is 5.10 Å². The van der Waals surface area contributed by atoms with Crippen LogP contribution in [0.3, 0.4) is 0 Å². The first kappa shape index (κ1) is 12.1. The number of aromatic nitrogens is 3. The van der Waals surface area contributed by atoms with Gasteiger partial charge in [0.1, 0.15) is 0 Å². The lowest BCUT2D eigenvalue weighted by Crippen LogP contribution is -2.24. The highest BCUT2D eigenvalue weighted by Crippen LogP contribution is 2.23. The zero-order chi connectivity index (χ0) is 13.5. The van der Waals surface area contributed by atoms with Crippen molar-refractivity contribution in [1.82, 2.24) is 19.9 Å². The highest BCUT2D eigenvalue weighted by Gasteiger charge is 2.16. The molecule has 0 saturated carbocycles. The van der Waals surface area contributed by atoms with Crippen molar-refractivity contribution in [3.63, 3.8) is 0 Å². The lowest BCUT2D eigenvalue weighted by molar-refractivity contribution is 0.611. The van der Waals surface area contributed by atoms with Crippen molar-refractivity contribution in [3.05, 3.63) is 52.3 Å². The summed E-state index contributed by atoms with van der Waals surface area (Å²) in [5, 5.41) is 8.13. The van der Waals surface area contributed by atoms with E-state index < -0.39 is 0 Å². The first-order valence-corrected chi connectivity index (χ1v) is 7.45. The van der Waals surface area contributed by atoms with Crippen LogP contribution in [0, 0.1) is 0 Å². The Labute approximate surface area is 125 Å². The predicted octanol–water partition coefficient (Wildman–Crippen LogP) is 2.80. The SMILES string of the molecule is Brc1cccc(-c2ccc3nc4c(n3n2)CNCC4)c1. The molecule has 100 valence electrons. The van der Waals surface area contributed by atoms with Gasteiger partial charge >= 0.3 is 0 Å². The molecule has 0 unspecified atom stereocenters. The van der Waals surface area contributed by atoms with E-state index in [1.54, 1.807) is 0 Å². The number of fused-ring (bicyclic) bond motifs is 3. The maximum Gasteiger partial charge on any atom is 0.154 e. The largest absolute Gasteiger partial charge is 0.311 e. The molecule has 5 heteroatoms. The summed E-state index contributed by atoms with van der Waals surface area (Å²) in [7, 11) is 0. The zero-order valence-corrected chi connectivity index (χ0v) is 12.4. The molecular formula is C15H13BrN4. The second-order valence-electron chi connectivity index (χ2n) is 4.93. The fraction of sp³-hybridized carbons (Fsp3) is 0.200. The van der Waals surface area contributed by atoms with Crippen LogP contribution < -0.4 is 5.32 Å². The zero-order valence-electron chi connectivity index (χ0n) is 10.8. The average Bonchev–Trinajstić information content (AvgIpc) is 2.85. The molecule has 0 fully saturated rings. The van der Waals surface area contributed by atoms with Gasteiger partial charge in [-0.05, 0) is 24.3 Å². The summed E-state index contributed by atoms with van der Waals surface area (Å²) >= 11 is 3.50. The number of halogens is 1. The van der Waals surface area contributed by atoms with Crippen molar-refractivity contribution in [2.24, 2.45) is 0 Å². The van der Waals surface area contributed by atoms with Crippen LogP contribution in [0.25, 0.3) is 16.9 Å². The van der Waals surface area contributed by atoms with Crippen molar-refractivity contribution >= 4 is 21.6 Å². The Bertz CT molecular complexity index is 794. The third-order valence-electron chi connectivity index (χ3n) is 3.60. The lowest BCUT2D eigenvalue weighted by Gasteiger charge is -2.11. The average molecular weight is 329 g/mol. The minimum absolute atomic E-state index is 0.839. The summed E-state index contributed by atoms with van der Waals surface area (Å²) in [4.78, 5) is 4.66. The van der Waals surface area contributed by atoms with Gasteiger partial charge in [0, 0.05) is 29.5 Å². The highest BCUT2D eigenvalue weighted by molar-refractivity contribution is 9.10. The Morgan fingerprint density at radius 3 is 3.05 bits per heavy atom. The number of nitrogens with one attached hydrogen (secondary N) is 1. The van der Waals surface area contributed by atoms with Gasteiger partial charge in [-0.3, -0.25) is 0 Å². The molecular weight excluding hydrogens is 316 g/mol. The molecule has 0 spiro atoms. The van der Waals surface area contributed by atoms with E-state index in [9.17, 15) is 0 Å². The van der Waals surface area contributed by atoms with E-state index in [0.717, 1.165) is 40.9 Å². The third kappa shape index (κ3) is 1.94. The lowest BCUT2D eigenvalue weighted by atomic mass is 10.1. The quantitative estimate of drug-likeness (QED) is 0.746. The molecule has 20 heavy (non-hydrogen) atoms. The van der Waals surface area contributed by atoms with Crippen LogP contribution in [0.1, 0.15) is 11.4 Å². The molecule has 0 radical (unpaired) electrons. The number of rotatable bonds is 1. The molecule has 3 heterocycles. The van der Waals surface area contributed by atoms with Gasteiger partial charge in [-0.1, -0.05) is 28.1 Å². The summed E-state index contributed by atoms with van der Waals surface area (Å²) < 4.78 is 3.03. The first-order valence-electron chi connectivity index (χ1n) is 6.65. The van der Waals surface area contributed by atoms with Crippen LogP contribution in [0.4, 0.5) is 0 Å². The van der Waals surface area contributed by atoms with E-state index >= 15 is 0 Å². The number of hydrogen-bond donors (Lipinski definition) is 1. The molecule has 0 bridgehead atoms. The first-order chi connectivity index (χ1) is 9.81. The van der Waals surface area contributed by atoms with E-state index in [4.69, 9.17) is 5.10 Å². The van der Waals surface area contributed by atoms with Crippen LogP contribution in [0.2, 0.25) is 0 Å². The number of imidazole rings is 1. The van der Waals surface area contributed by atoms with Gasteiger partial charge < -0.3 is 5.32 Å². The molecule has 0 atom stereocenters. The fourth-order valence-electron chi connectivity index (χ4n) is 2.62. The molecule has 3 aromatic rings. The molecule has 0 saturated heterocycles. The Hall–Kier alpha value is -1.72. The second-order valence-corrected chi connectivity index (χ2v) is 5.85. The molecule has 1 aliphatic heterocycles. The van der Waals surface area contributed by atoms with E-state index in [1.807, 2.05) is 28.8 Å². The normalized spacial score (nSPS) is 14.4. The molecule has 1 N–H and O–H groups in total. The summed E-state index contributed by atoms with van der Waals surface area (Å²) in [5.74, 6) is 0. The Morgan fingerprint density at radius 2 is 2.15 bits per heavy atom. The molecule has 1 aromatic carbocycles. The summed E-state index contributed by atoms with van der Waals surface area (Å²) in [5.41, 5.74) is 5.35. The fourth-order valence-corrected chi connectivity index (χ4v) is 3.02. The topological polar surface area (TPSA) is 42.2 Å². The smallest absolute Gasteiger partial charge is 0.154 e. The van der Waals surface area contributed by atoms with Crippen molar-refractivity contribution < 1.29 is 0 Å². The van der Waals surface area contributed by atoms with Gasteiger partial charge in [-0.25, -0.2) is 9.50 Å². The van der Waals surface area contributed by atoms with E-state index in [2.05, 4.69) is 38.4 Å². The van der Waals surface area contributed by atoms with E-state index in [-0.39, 0.29) is 0 Å². The number of hydrogen-bond acceptors (Lipinski definition) is 3. The monoisotopic (exact) mass is 328 g/mol. The van der Waals surface area contributed by atoms with Crippen molar-refractivity contribution in [1.29, 1.82) is 0 Å². The second kappa shape index (κ2) is 4.68. The van der Waals surface area contributed by atoms with Gasteiger partial charge in [-0.15, -0.1) is 0 Å². The minimum Gasteiger partial charge on any atom is -0.311 e. The van der Waals surface area contributed by atoms with Crippen molar-refractivity contribution in [2.45, 2.75) is 13.0 Å². The number of nitrogens with zero attached hydrogens (tertiary/aromatic N) is 3. The third-order valence-corrected chi connectivity index (χ3v) is 4.10. The maximum atomic E-state index is 4.75. The van der Waals surface area contributed by atoms with Crippen LogP contribution >= 0.6 is 15.9 Å². The maximum absolute atomic E-state index is 4.75. The highest BCUT2D eigenvalue weighted by atomic mass is 79.9. The van der Waals surface area contributed by atoms with Crippen LogP contribution in [-0.2, 0) is 13.0 Å². The Kier molecular flexibility index (Phi) is 2.82. The Morgan fingerprint density at radius 1 is 1.20 bits per heavy atom. The number of benzene rings is 1. The van der Waals surface area contributed by atoms with Crippen LogP contribution in [0.15, 0.2) is 40.9 Å². The van der Waals surface area contributed by atoms with Crippen molar-refractivity contribution in [2.75, 3.05) is 6.54 Å². The molecule has 0 amide bonds. The Balaban J connectivity index is 1.90. The van der Waals surface area contributed by atoms with E-state index in [0.29, 0.717) is 0 Å². The molecule has 0 aliphatic carbocycles. The van der Waals surface area contributed by atoms with Gasteiger partial charge in [0.2, 0.25) is 0 Å². The molecule has 4 rings (SSSR count). The van der Waals surface area contributed by atoms with Gasteiger partial charge in [0.05, 0.1) is 17.1 Å². The van der Waals surface area contributed by atoms with E-state index in [1.165, 1.54) is 11.4 Å². The predicted molar refractivity (Wildman–Crippen MR) is 81.5 cm³/mol. The minimum atomic E-state index is 0.839. The van der Waals surface area contributed by atoms with Gasteiger partial charge in [0.15, 0.2) is 5.65 Å².